The third kappa shape index (κ3) is 13.2. The van der Waals surface area contributed by atoms with Gasteiger partial charge in [-0.25, -0.2) is 0 Å². The number of carbonyl (C=O) groups is 2. The summed E-state index contributed by atoms with van der Waals surface area (Å²) in [7, 11) is 2.80. The number of ether oxygens (including phenoxy) is 1. The van der Waals surface area contributed by atoms with Crippen molar-refractivity contribution in [1.82, 2.24) is 10.6 Å². The van der Waals surface area contributed by atoms with Gasteiger partial charge >= 0.3 is 0 Å². The van der Waals surface area contributed by atoms with Gasteiger partial charge in [0.15, 0.2) is 0 Å². The second-order valence-corrected chi connectivity index (χ2v) is 9.76. The topological polar surface area (TPSA) is 67.4 Å². The molecule has 2 atom stereocenters. The van der Waals surface area contributed by atoms with Crippen LogP contribution in [-0.4, -0.2) is 42.8 Å². The van der Waals surface area contributed by atoms with Crippen molar-refractivity contribution < 1.29 is 14.3 Å². The first-order valence-electron chi connectivity index (χ1n) is 9.43. The van der Waals surface area contributed by atoms with E-state index in [1.807, 2.05) is 27.7 Å². The van der Waals surface area contributed by atoms with E-state index in [2.05, 4.69) is 33.7 Å². The molecule has 0 fully saturated rings. The van der Waals surface area contributed by atoms with Gasteiger partial charge in [0.05, 0.1) is 6.10 Å². The highest BCUT2D eigenvalue weighted by Crippen LogP contribution is 2.22. The molecule has 0 saturated carbocycles. The lowest BCUT2D eigenvalue weighted by atomic mass is 9.88. The van der Waals surface area contributed by atoms with E-state index in [9.17, 15) is 9.59 Å². The van der Waals surface area contributed by atoms with E-state index in [1.54, 1.807) is 0 Å². The third-order valence-corrected chi connectivity index (χ3v) is 4.44. The standard InChI is InChI=1S/C19H39N2O3P/c1-7-8-16(22)20-12-9-15(2)24-14-11-18(3,4)17(23)21-13-10-19(5,6)25/h15H,7-14,25H2,1-6H3,(H,20,22)(H,21,23). The molecule has 2 N–H and O–H groups in total. The van der Waals surface area contributed by atoms with E-state index in [-0.39, 0.29) is 23.1 Å². The highest BCUT2D eigenvalue weighted by atomic mass is 31.0. The zero-order valence-corrected chi connectivity index (χ0v) is 18.2. The Kier molecular flexibility index (Phi) is 11.5. The number of carbonyl (C=O) groups excluding carboxylic acids is 2. The minimum atomic E-state index is -0.444. The van der Waals surface area contributed by atoms with E-state index in [0.717, 1.165) is 19.3 Å². The largest absolute Gasteiger partial charge is 0.378 e. The maximum absolute atomic E-state index is 12.3. The summed E-state index contributed by atoms with van der Waals surface area (Å²) in [6, 6.07) is 0. The molecule has 2 unspecified atom stereocenters. The molecule has 25 heavy (non-hydrogen) atoms. The Morgan fingerprint density at radius 1 is 1.08 bits per heavy atom. The van der Waals surface area contributed by atoms with Gasteiger partial charge in [0.25, 0.3) is 0 Å². The van der Waals surface area contributed by atoms with Gasteiger partial charge in [0.2, 0.25) is 11.8 Å². The molecule has 0 aliphatic carbocycles. The van der Waals surface area contributed by atoms with Crippen molar-refractivity contribution in [2.45, 2.75) is 84.9 Å². The van der Waals surface area contributed by atoms with Gasteiger partial charge in [-0.3, -0.25) is 9.59 Å². The molecule has 0 radical (unpaired) electrons. The predicted octanol–water partition coefficient (Wildman–Crippen LogP) is 3.27. The Morgan fingerprint density at radius 2 is 1.72 bits per heavy atom. The quantitative estimate of drug-likeness (QED) is 0.486. The van der Waals surface area contributed by atoms with Crippen molar-refractivity contribution in [2.75, 3.05) is 19.7 Å². The zero-order valence-electron chi connectivity index (χ0n) is 17.0. The Balaban J connectivity index is 3.95. The lowest BCUT2D eigenvalue weighted by molar-refractivity contribution is -0.130. The van der Waals surface area contributed by atoms with Gasteiger partial charge in [0, 0.05) is 31.5 Å². The second-order valence-electron chi connectivity index (χ2n) is 8.20. The summed E-state index contributed by atoms with van der Waals surface area (Å²) in [5.74, 6) is 0.172. The highest BCUT2D eigenvalue weighted by Gasteiger charge is 2.27. The molecule has 0 aromatic heterocycles. The molecule has 2 amide bonds. The molecule has 148 valence electrons. The fourth-order valence-electron chi connectivity index (χ4n) is 2.18. The van der Waals surface area contributed by atoms with Crippen molar-refractivity contribution in [1.29, 1.82) is 0 Å². The molecule has 0 saturated heterocycles. The monoisotopic (exact) mass is 374 g/mol. The molecule has 0 aliphatic heterocycles. The number of rotatable bonds is 13. The number of nitrogens with one attached hydrogen (secondary N) is 2. The lowest BCUT2D eigenvalue weighted by Crippen LogP contribution is -2.39. The Hall–Kier alpha value is -0.670. The Labute approximate surface area is 156 Å². The van der Waals surface area contributed by atoms with Crippen LogP contribution in [0.1, 0.15) is 73.6 Å². The minimum absolute atomic E-state index is 0.0682. The Morgan fingerprint density at radius 3 is 2.28 bits per heavy atom. The predicted molar refractivity (Wildman–Crippen MR) is 108 cm³/mol. The molecule has 0 bridgehead atoms. The van der Waals surface area contributed by atoms with Gasteiger partial charge in [-0.2, -0.15) is 0 Å². The van der Waals surface area contributed by atoms with Crippen LogP contribution in [0.5, 0.6) is 0 Å². The molecule has 0 aliphatic rings. The first kappa shape index (κ1) is 24.3. The van der Waals surface area contributed by atoms with Crippen LogP contribution in [0.25, 0.3) is 0 Å². The number of hydrogen-bond acceptors (Lipinski definition) is 3. The summed E-state index contributed by atoms with van der Waals surface area (Å²) in [6.45, 7) is 14.0. The maximum atomic E-state index is 12.3. The van der Waals surface area contributed by atoms with Crippen LogP contribution in [0.3, 0.4) is 0 Å². The van der Waals surface area contributed by atoms with Crippen molar-refractivity contribution in [3.8, 4) is 0 Å². The fraction of sp³-hybridized carbons (Fsp3) is 0.895. The first-order valence-corrected chi connectivity index (χ1v) is 10.0. The van der Waals surface area contributed by atoms with Crippen LogP contribution >= 0.6 is 9.24 Å². The van der Waals surface area contributed by atoms with Crippen LogP contribution in [0.15, 0.2) is 0 Å². The number of amides is 2. The van der Waals surface area contributed by atoms with E-state index < -0.39 is 5.41 Å². The average molecular weight is 375 g/mol. The van der Waals surface area contributed by atoms with Crippen molar-refractivity contribution in [3.05, 3.63) is 0 Å². The first-order chi connectivity index (χ1) is 11.5. The SMILES string of the molecule is CCCC(=O)NCCC(C)OCCC(C)(C)C(=O)NCCC(C)(C)P. The minimum Gasteiger partial charge on any atom is -0.378 e. The zero-order chi connectivity index (χ0) is 19.5. The summed E-state index contributed by atoms with van der Waals surface area (Å²) in [5, 5.41) is 6.05. The van der Waals surface area contributed by atoms with E-state index in [4.69, 9.17) is 4.74 Å². The second kappa shape index (κ2) is 11.9. The summed E-state index contributed by atoms with van der Waals surface area (Å²) < 4.78 is 5.79. The number of hydrogen-bond donors (Lipinski definition) is 2. The molecular weight excluding hydrogens is 335 g/mol. The molecule has 6 heteroatoms. The maximum Gasteiger partial charge on any atom is 0.225 e. The van der Waals surface area contributed by atoms with Gasteiger partial charge in [-0.15, -0.1) is 9.24 Å². The van der Waals surface area contributed by atoms with Gasteiger partial charge < -0.3 is 15.4 Å². The van der Waals surface area contributed by atoms with Crippen LogP contribution < -0.4 is 10.6 Å². The van der Waals surface area contributed by atoms with Gasteiger partial charge in [-0.05, 0) is 37.8 Å². The fourth-order valence-corrected chi connectivity index (χ4v) is 2.32. The van der Waals surface area contributed by atoms with E-state index in [1.165, 1.54) is 0 Å². The molecule has 0 aromatic carbocycles. The van der Waals surface area contributed by atoms with Crippen molar-refractivity contribution >= 4 is 21.1 Å². The summed E-state index contributed by atoms with van der Waals surface area (Å²) in [5.41, 5.74) is -0.444. The molecular formula is C19H39N2O3P. The molecule has 5 nitrogen and oxygen atoms in total. The average Bonchev–Trinajstić information content (AvgIpc) is 2.45. The smallest absolute Gasteiger partial charge is 0.225 e. The van der Waals surface area contributed by atoms with E-state index in [0.29, 0.717) is 32.5 Å². The summed E-state index contributed by atoms with van der Waals surface area (Å²) in [4.78, 5) is 23.7. The Bertz CT molecular complexity index is 406. The highest BCUT2D eigenvalue weighted by molar-refractivity contribution is 7.18. The lowest BCUT2D eigenvalue weighted by Gasteiger charge is -2.26. The molecule has 0 aromatic rings. The van der Waals surface area contributed by atoms with Gasteiger partial charge in [0.1, 0.15) is 0 Å². The van der Waals surface area contributed by atoms with Crippen LogP contribution in [0.2, 0.25) is 0 Å². The van der Waals surface area contributed by atoms with Crippen LogP contribution in [0.4, 0.5) is 0 Å². The van der Waals surface area contributed by atoms with Crippen molar-refractivity contribution in [2.24, 2.45) is 5.41 Å². The summed E-state index contributed by atoms with van der Waals surface area (Å²) in [6.07, 6.45) is 3.90. The normalized spacial score (nSPS) is 13.4. The van der Waals surface area contributed by atoms with Crippen molar-refractivity contribution in [3.63, 3.8) is 0 Å². The molecule has 0 heterocycles. The van der Waals surface area contributed by atoms with E-state index >= 15 is 0 Å². The van der Waals surface area contributed by atoms with Crippen LogP contribution in [0, 0.1) is 5.41 Å². The van der Waals surface area contributed by atoms with Gasteiger partial charge in [-0.1, -0.05) is 34.6 Å². The van der Waals surface area contributed by atoms with Crippen LogP contribution in [-0.2, 0) is 14.3 Å². The molecule has 0 spiro atoms. The third-order valence-electron chi connectivity index (χ3n) is 4.15. The molecule has 0 rings (SSSR count). The summed E-state index contributed by atoms with van der Waals surface area (Å²) >= 11 is 0.